The zero-order chi connectivity index (χ0) is 16.4. The van der Waals surface area contributed by atoms with Gasteiger partial charge in [-0.3, -0.25) is 0 Å². The molecule has 0 saturated heterocycles. The molecule has 1 aliphatic heterocycles. The molecule has 2 atom stereocenters. The van der Waals surface area contributed by atoms with E-state index in [2.05, 4.69) is 102 Å². The van der Waals surface area contributed by atoms with Crippen LogP contribution >= 0.6 is 0 Å². The summed E-state index contributed by atoms with van der Waals surface area (Å²) in [4.78, 5) is 0. The van der Waals surface area contributed by atoms with Crippen molar-refractivity contribution >= 4 is 11.4 Å². The summed E-state index contributed by atoms with van der Waals surface area (Å²) in [5, 5.41) is 7.53. The van der Waals surface area contributed by atoms with Crippen LogP contribution in [0.1, 0.15) is 30.5 Å². The fourth-order valence-corrected chi connectivity index (χ4v) is 3.60. The van der Waals surface area contributed by atoms with Crippen LogP contribution in [0.3, 0.4) is 0 Å². The molecule has 4 rings (SSSR count). The second-order valence-corrected chi connectivity index (χ2v) is 6.68. The molecule has 24 heavy (non-hydrogen) atoms. The first-order chi connectivity index (χ1) is 11.7. The molecule has 0 radical (unpaired) electrons. The number of benzene rings is 3. The van der Waals surface area contributed by atoms with Crippen LogP contribution in [0.15, 0.2) is 84.9 Å². The van der Waals surface area contributed by atoms with E-state index in [-0.39, 0.29) is 11.6 Å². The second kappa shape index (κ2) is 6.04. The van der Waals surface area contributed by atoms with Crippen molar-refractivity contribution in [2.45, 2.75) is 24.9 Å². The maximum absolute atomic E-state index is 3.79. The van der Waals surface area contributed by atoms with E-state index in [1.54, 1.807) is 0 Å². The summed E-state index contributed by atoms with van der Waals surface area (Å²) in [5.74, 6) is 0. The zero-order valence-corrected chi connectivity index (χ0v) is 13.9. The summed E-state index contributed by atoms with van der Waals surface area (Å²) in [7, 11) is 0. The Morgan fingerprint density at radius 2 is 1.33 bits per heavy atom. The van der Waals surface area contributed by atoms with Gasteiger partial charge in [0.1, 0.15) is 0 Å². The van der Waals surface area contributed by atoms with Crippen LogP contribution in [0.4, 0.5) is 11.4 Å². The summed E-state index contributed by atoms with van der Waals surface area (Å²) in [6.45, 7) is 2.29. The minimum Gasteiger partial charge on any atom is -0.376 e. The molecule has 0 amide bonds. The standard InChI is InChI=1S/C22H22N2/c1-22(18-12-6-3-7-13-18)16-21(17-10-4-2-5-11-17)23-19-14-8-9-15-20(19)24-22/h2-15,21,23-24H,16H2,1H3/t21-,22-/m0/s1. The van der Waals surface area contributed by atoms with Crippen molar-refractivity contribution in [2.24, 2.45) is 0 Å². The summed E-state index contributed by atoms with van der Waals surface area (Å²) in [5.41, 5.74) is 4.80. The minimum atomic E-state index is -0.138. The van der Waals surface area contributed by atoms with Crippen molar-refractivity contribution in [3.05, 3.63) is 96.1 Å². The normalized spacial score (nSPS) is 22.6. The predicted molar refractivity (Wildman–Crippen MR) is 101 cm³/mol. The zero-order valence-electron chi connectivity index (χ0n) is 13.9. The van der Waals surface area contributed by atoms with Gasteiger partial charge >= 0.3 is 0 Å². The molecule has 0 spiro atoms. The van der Waals surface area contributed by atoms with E-state index in [9.17, 15) is 0 Å². The van der Waals surface area contributed by atoms with Gasteiger partial charge in [-0.25, -0.2) is 0 Å². The van der Waals surface area contributed by atoms with Crippen molar-refractivity contribution in [2.75, 3.05) is 10.6 Å². The minimum absolute atomic E-state index is 0.138. The molecule has 2 N–H and O–H groups in total. The van der Waals surface area contributed by atoms with Gasteiger partial charge in [-0.05, 0) is 36.6 Å². The third kappa shape index (κ3) is 2.76. The quantitative estimate of drug-likeness (QED) is 0.646. The maximum atomic E-state index is 3.79. The molecule has 0 bridgehead atoms. The van der Waals surface area contributed by atoms with Gasteiger partial charge in [0.15, 0.2) is 0 Å². The third-order valence-electron chi connectivity index (χ3n) is 4.89. The molecule has 0 aliphatic carbocycles. The Balaban J connectivity index is 1.81. The van der Waals surface area contributed by atoms with Crippen molar-refractivity contribution in [1.29, 1.82) is 0 Å². The van der Waals surface area contributed by atoms with Gasteiger partial charge in [0.05, 0.1) is 23.0 Å². The Bertz CT molecular complexity index is 814. The molecular formula is C22H22N2. The van der Waals surface area contributed by atoms with E-state index < -0.39 is 0 Å². The van der Waals surface area contributed by atoms with Gasteiger partial charge in [-0.1, -0.05) is 72.8 Å². The molecule has 120 valence electrons. The predicted octanol–water partition coefficient (Wildman–Crippen LogP) is 5.57. The van der Waals surface area contributed by atoms with Gasteiger partial charge in [0.25, 0.3) is 0 Å². The van der Waals surface area contributed by atoms with Crippen LogP contribution in [-0.4, -0.2) is 0 Å². The lowest BCUT2D eigenvalue weighted by Crippen LogP contribution is -2.33. The SMILES string of the molecule is C[C@@]1(c2ccccc2)C[C@@H](c2ccccc2)Nc2ccccc2N1. The van der Waals surface area contributed by atoms with Crippen molar-refractivity contribution < 1.29 is 0 Å². The lowest BCUT2D eigenvalue weighted by Gasteiger charge is -2.33. The van der Waals surface area contributed by atoms with Crippen LogP contribution in [0.5, 0.6) is 0 Å². The average molecular weight is 314 g/mol. The van der Waals surface area contributed by atoms with Crippen molar-refractivity contribution in [1.82, 2.24) is 0 Å². The van der Waals surface area contributed by atoms with Crippen LogP contribution in [0.25, 0.3) is 0 Å². The smallest absolute Gasteiger partial charge is 0.0620 e. The average Bonchev–Trinajstić information content (AvgIpc) is 2.80. The highest BCUT2D eigenvalue weighted by molar-refractivity contribution is 5.71. The molecule has 2 nitrogen and oxygen atoms in total. The van der Waals surface area contributed by atoms with E-state index in [4.69, 9.17) is 0 Å². The lowest BCUT2D eigenvalue weighted by molar-refractivity contribution is 0.464. The molecule has 0 fully saturated rings. The Kier molecular flexibility index (Phi) is 3.73. The highest BCUT2D eigenvalue weighted by atomic mass is 15.1. The molecule has 0 saturated carbocycles. The Labute approximate surface area is 143 Å². The number of para-hydroxylation sites is 2. The molecule has 2 heteroatoms. The van der Waals surface area contributed by atoms with E-state index in [0.29, 0.717) is 0 Å². The van der Waals surface area contributed by atoms with Crippen LogP contribution in [0.2, 0.25) is 0 Å². The summed E-state index contributed by atoms with van der Waals surface area (Å²) in [6.07, 6.45) is 0.968. The van der Waals surface area contributed by atoms with Crippen molar-refractivity contribution in [3.8, 4) is 0 Å². The molecule has 3 aromatic carbocycles. The fourth-order valence-electron chi connectivity index (χ4n) is 3.60. The van der Waals surface area contributed by atoms with E-state index in [0.717, 1.165) is 17.8 Å². The summed E-state index contributed by atoms with van der Waals surface area (Å²) in [6, 6.07) is 30.2. The Morgan fingerprint density at radius 1 is 0.750 bits per heavy atom. The number of fused-ring (bicyclic) bond motifs is 1. The number of hydrogen-bond acceptors (Lipinski definition) is 2. The first-order valence-electron chi connectivity index (χ1n) is 8.49. The number of anilines is 2. The van der Waals surface area contributed by atoms with E-state index in [1.807, 2.05) is 0 Å². The topological polar surface area (TPSA) is 24.1 Å². The molecular weight excluding hydrogens is 292 g/mol. The molecule has 1 heterocycles. The van der Waals surface area contributed by atoms with Gasteiger partial charge in [0, 0.05) is 0 Å². The number of nitrogens with one attached hydrogen (secondary N) is 2. The van der Waals surface area contributed by atoms with Crippen molar-refractivity contribution in [3.63, 3.8) is 0 Å². The number of rotatable bonds is 2. The maximum Gasteiger partial charge on any atom is 0.0620 e. The van der Waals surface area contributed by atoms with E-state index >= 15 is 0 Å². The Hall–Kier alpha value is -2.74. The fraction of sp³-hybridized carbons (Fsp3) is 0.182. The third-order valence-corrected chi connectivity index (χ3v) is 4.89. The molecule has 0 aromatic heterocycles. The highest BCUT2D eigenvalue weighted by Crippen LogP contribution is 2.42. The Morgan fingerprint density at radius 3 is 2.04 bits per heavy atom. The van der Waals surface area contributed by atoms with Gasteiger partial charge < -0.3 is 10.6 Å². The van der Waals surface area contributed by atoms with Gasteiger partial charge in [0.2, 0.25) is 0 Å². The van der Waals surface area contributed by atoms with Crippen LogP contribution in [0, 0.1) is 0 Å². The van der Waals surface area contributed by atoms with E-state index in [1.165, 1.54) is 11.1 Å². The summed E-state index contributed by atoms with van der Waals surface area (Å²) < 4.78 is 0. The monoisotopic (exact) mass is 314 g/mol. The van der Waals surface area contributed by atoms with Gasteiger partial charge in [-0.2, -0.15) is 0 Å². The van der Waals surface area contributed by atoms with Crippen LogP contribution < -0.4 is 10.6 Å². The first kappa shape index (κ1) is 14.8. The highest BCUT2D eigenvalue weighted by Gasteiger charge is 2.34. The summed E-state index contributed by atoms with van der Waals surface area (Å²) >= 11 is 0. The molecule has 3 aromatic rings. The largest absolute Gasteiger partial charge is 0.376 e. The van der Waals surface area contributed by atoms with Crippen LogP contribution in [-0.2, 0) is 5.54 Å². The molecule has 0 unspecified atom stereocenters. The van der Waals surface area contributed by atoms with Gasteiger partial charge in [-0.15, -0.1) is 0 Å². The molecule has 1 aliphatic rings. The second-order valence-electron chi connectivity index (χ2n) is 6.68. The lowest BCUT2D eigenvalue weighted by atomic mass is 9.84. The number of hydrogen-bond donors (Lipinski definition) is 2. The first-order valence-corrected chi connectivity index (χ1v) is 8.49.